The number of amides is 1. The molecule has 1 aromatic rings. The Labute approximate surface area is 149 Å². The number of anilines is 1. The van der Waals surface area contributed by atoms with Crippen molar-refractivity contribution < 1.29 is 18.8 Å². The van der Waals surface area contributed by atoms with Crippen molar-refractivity contribution in [3.8, 4) is 0 Å². The van der Waals surface area contributed by atoms with Gasteiger partial charge in [0.2, 0.25) is 0 Å². The maximum absolute atomic E-state index is 11.1. The van der Waals surface area contributed by atoms with Crippen LogP contribution >= 0.6 is 0 Å². The van der Waals surface area contributed by atoms with E-state index < -0.39 is 30.0 Å². The van der Waals surface area contributed by atoms with Gasteiger partial charge in [-0.25, -0.2) is 4.79 Å². The molecule has 0 bridgehead atoms. The lowest BCUT2D eigenvalue weighted by atomic mass is 9.80. The Morgan fingerprint density at radius 2 is 1.88 bits per heavy atom. The van der Waals surface area contributed by atoms with Crippen LogP contribution in [0.5, 0.6) is 0 Å². The summed E-state index contributed by atoms with van der Waals surface area (Å²) in [7, 11) is -0.451. The maximum atomic E-state index is 11.1. The number of carbonyl (C=O) groups excluding carboxylic acids is 1. The summed E-state index contributed by atoms with van der Waals surface area (Å²) in [6.07, 6.45) is 3.54. The van der Waals surface area contributed by atoms with Crippen LogP contribution < -0.4 is 16.1 Å². The van der Waals surface area contributed by atoms with Crippen molar-refractivity contribution >= 4 is 24.4 Å². The summed E-state index contributed by atoms with van der Waals surface area (Å²) >= 11 is 0. The standard InChI is InChI=1S/C17H26BN3O4/c1-15(2)16(3,4)25-18(24-15)12-8-13(10-20-9-12)21-7-6-17(5,11-21)23-14(19)22/h8-10H,6-7,11H2,1-5H3,(H2,19,22). The number of primary amides is 1. The highest BCUT2D eigenvalue weighted by Gasteiger charge is 2.52. The summed E-state index contributed by atoms with van der Waals surface area (Å²) in [5.74, 6) is 0. The van der Waals surface area contributed by atoms with Gasteiger partial charge in [-0.1, -0.05) is 0 Å². The molecule has 3 rings (SSSR count). The van der Waals surface area contributed by atoms with Crippen molar-refractivity contribution in [2.45, 2.75) is 57.8 Å². The largest absolute Gasteiger partial charge is 0.496 e. The Kier molecular flexibility index (Phi) is 4.24. The van der Waals surface area contributed by atoms with Crippen molar-refractivity contribution in [1.29, 1.82) is 0 Å². The first kappa shape index (κ1) is 18.0. The molecule has 2 fully saturated rings. The van der Waals surface area contributed by atoms with E-state index in [1.165, 1.54) is 0 Å². The first-order valence-electron chi connectivity index (χ1n) is 8.55. The van der Waals surface area contributed by atoms with E-state index in [2.05, 4.69) is 9.88 Å². The summed E-state index contributed by atoms with van der Waals surface area (Å²) < 4.78 is 17.5. The normalized spacial score (nSPS) is 27.6. The lowest BCUT2D eigenvalue weighted by molar-refractivity contribution is 0.00578. The zero-order valence-corrected chi connectivity index (χ0v) is 15.5. The minimum absolute atomic E-state index is 0.394. The van der Waals surface area contributed by atoms with Gasteiger partial charge in [-0.3, -0.25) is 4.98 Å². The van der Waals surface area contributed by atoms with Gasteiger partial charge in [0, 0.05) is 24.6 Å². The van der Waals surface area contributed by atoms with Gasteiger partial charge in [-0.05, 0) is 40.7 Å². The third kappa shape index (κ3) is 3.46. The van der Waals surface area contributed by atoms with Crippen LogP contribution in [0.1, 0.15) is 41.0 Å². The predicted octanol–water partition coefficient (Wildman–Crippen LogP) is 1.44. The Hall–Kier alpha value is -1.80. The molecule has 8 heteroatoms. The Morgan fingerprint density at radius 3 is 2.48 bits per heavy atom. The van der Waals surface area contributed by atoms with E-state index in [4.69, 9.17) is 19.8 Å². The fraction of sp³-hybridized carbons (Fsp3) is 0.647. The second-order valence-electron chi connectivity index (χ2n) is 8.11. The van der Waals surface area contributed by atoms with E-state index in [1.807, 2.05) is 40.7 Å². The van der Waals surface area contributed by atoms with Crippen molar-refractivity contribution in [3.63, 3.8) is 0 Å². The lowest BCUT2D eigenvalue weighted by Gasteiger charge is -2.32. The van der Waals surface area contributed by atoms with Crippen LogP contribution in [-0.2, 0) is 14.0 Å². The molecule has 25 heavy (non-hydrogen) atoms. The van der Waals surface area contributed by atoms with E-state index in [9.17, 15) is 4.79 Å². The third-order valence-electron chi connectivity index (χ3n) is 5.42. The monoisotopic (exact) mass is 347 g/mol. The molecule has 7 nitrogen and oxygen atoms in total. The van der Waals surface area contributed by atoms with Gasteiger partial charge in [0.25, 0.3) is 0 Å². The number of rotatable bonds is 3. The van der Waals surface area contributed by atoms with Gasteiger partial charge in [-0.2, -0.15) is 0 Å². The molecule has 0 radical (unpaired) electrons. The summed E-state index contributed by atoms with van der Waals surface area (Å²) in [5.41, 5.74) is 5.63. The summed E-state index contributed by atoms with van der Waals surface area (Å²) in [6, 6.07) is 2.02. The Bertz CT molecular complexity index is 666. The molecular weight excluding hydrogens is 321 g/mol. The molecule has 1 aromatic heterocycles. The highest BCUT2D eigenvalue weighted by Crippen LogP contribution is 2.36. The SMILES string of the molecule is CC1(OC(N)=O)CCN(c2cncc(B3OC(C)(C)C(C)(C)O3)c2)C1. The molecule has 2 N–H and O–H groups in total. The first-order valence-corrected chi connectivity index (χ1v) is 8.55. The van der Waals surface area contributed by atoms with Crippen LogP contribution in [0, 0.1) is 0 Å². The van der Waals surface area contributed by atoms with Crippen molar-refractivity contribution in [2.24, 2.45) is 5.73 Å². The van der Waals surface area contributed by atoms with Crippen LogP contribution in [0.15, 0.2) is 18.5 Å². The molecule has 3 heterocycles. The zero-order valence-electron chi connectivity index (χ0n) is 15.5. The molecule has 0 aliphatic carbocycles. The van der Waals surface area contributed by atoms with Gasteiger partial charge in [0.1, 0.15) is 5.60 Å². The van der Waals surface area contributed by atoms with E-state index in [-0.39, 0.29) is 0 Å². The lowest BCUT2D eigenvalue weighted by Crippen LogP contribution is -2.41. The van der Waals surface area contributed by atoms with Crippen molar-refractivity contribution in [1.82, 2.24) is 4.98 Å². The molecule has 136 valence electrons. The number of hydrogen-bond acceptors (Lipinski definition) is 6. The Balaban J connectivity index is 1.76. The molecule has 1 amide bonds. The van der Waals surface area contributed by atoms with Gasteiger partial charge in [0.15, 0.2) is 0 Å². The van der Waals surface area contributed by atoms with Crippen LogP contribution in [0.2, 0.25) is 0 Å². The van der Waals surface area contributed by atoms with Gasteiger partial charge in [-0.15, -0.1) is 0 Å². The fourth-order valence-corrected chi connectivity index (χ4v) is 3.21. The molecular formula is C17H26BN3O4. The van der Waals surface area contributed by atoms with E-state index >= 15 is 0 Å². The van der Waals surface area contributed by atoms with Crippen LogP contribution in [0.3, 0.4) is 0 Å². The number of nitrogens with two attached hydrogens (primary N) is 1. The summed E-state index contributed by atoms with van der Waals surface area (Å²) in [4.78, 5) is 17.6. The second-order valence-corrected chi connectivity index (χ2v) is 8.11. The van der Waals surface area contributed by atoms with E-state index in [0.717, 1.165) is 24.1 Å². The molecule has 2 saturated heterocycles. The number of nitrogens with zero attached hydrogens (tertiary/aromatic N) is 2. The highest BCUT2D eigenvalue weighted by molar-refractivity contribution is 6.62. The first-order chi connectivity index (χ1) is 11.5. The van der Waals surface area contributed by atoms with Gasteiger partial charge >= 0.3 is 13.2 Å². The smallest absolute Gasteiger partial charge is 0.441 e. The molecule has 2 aliphatic rings. The fourth-order valence-electron chi connectivity index (χ4n) is 3.21. The minimum Gasteiger partial charge on any atom is -0.441 e. The molecule has 0 saturated carbocycles. The molecule has 1 unspecified atom stereocenters. The van der Waals surface area contributed by atoms with E-state index in [0.29, 0.717) is 6.54 Å². The third-order valence-corrected chi connectivity index (χ3v) is 5.42. The average molecular weight is 347 g/mol. The molecule has 2 aliphatic heterocycles. The number of carbonyl (C=O) groups is 1. The van der Waals surface area contributed by atoms with Crippen molar-refractivity contribution in [3.05, 3.63) is 18.5 Å². The molecule has 0 aromatic carbocycles. The van der Waals surface area contributed by atoms with Crippen LogP contribution in [-0.4, -0.2) is 48.1 Å². The summed E-state index contributed by atoms with van der Waals surface area (Å²) in [5, 5.41) is 0. The maximum Gasteiger partial charge on any atom is 0.496 e. The molecule has 1 atom stereocenters. The quantitative estimate of drug-likeness (QED) is 0.833. The number of aromatic nitrogens is 1. The predicted molar refractivity (Wildman–Crippen MR) is 95.9 cm³/mol. The zero-order chi connectivity index (χ0) is 18.5. The van der Waals surface area contributed by atoms with E-state index in [1.54, 1.807) is 12.4 Å². The molecule has 0 spiro atoms. The van der Waals surface area contributed by atoms with Gasteiger partial charge < -0.3 is 24.7 Å². The number of hydrogen-bond donors (Lipinski definition) is 1. The number of ether oxygens (including phenoxy) is 1. The second kappa shape index (κ2) is 5.88. The Morgan fingerprint density at radius 1 is 1.24 bits per heavy atom. The minimum atomic E-state index is -0.742. The summed E-state index contributed by atoms with van der Waals surface area (Å²) in [6.45, 7) is 11.3. The van der Waals surface area contributed by atoms with Crippen LogP contribution in [0.25, 0.3) is 0 Å². The topological polar surface area (TPSA) is 86.9 Å². The van der Waals surface area contributed by atoms with Gasteiger partial charge in [0.05, 0.1) is 29.6 Å². The average Bonchev–Trinajstić information content (AvgIpc) is 2.96. The number of pyridine rings is 1. The highest BCUT2D eigenvalue weighted by atomic mass is 16.7. The van der Waals surface area contributed by atoms with Crippen molar-refractivity contribution in [2.75, 3.05) is 18.0 Å². The van der Waals surface area contributed by atoms with Crippen LogP contribution in [0.4, 0.5) is 10.5 Å².